The molecule has 7 heteroatoms. The number of benzene rings is 1. The molecule has 5 nitrogen and oxygen atoms in total. The standard InChI is InChI=1S/C18H20Cl2N4O/c19-13-6-5-12(15(20)9-13)7-8-21-17-11-22-16(10-23-17)18(25)24-14-3-1-2-4-14/h5-6,9-11,14H,1-4,7-8H2,(H,21,23)(H,24,25). The highest BCUT2D eigenvalue weighted by molar-refractivity contribution is 6.35. The van der Waals surface area contributed by atoms with Crippen LogP contribution < -0.4 is 10.6 Å². The second-order valence-electron chi connectivity index (χ2n) is 6.15. The smallest absolute Gasteiger partial charge is 0.271 e. The Balaban J connectivity index is 1.49. The number of nitrogens with one attached hydrogen (secondary N) is 2. The first kappa shape index (κ1) is 18.0. The van der Waals surface area contributed by atoms with Gasteiger partial charge in [0.25, 0.3) is 5.91 Å². The van der Waals surface area contributed by atoms with Crippen molar-refractivity contribution in [1.29, 1.82) is 0 Å². The molecule has 132 valence electrons. The lowest BCUT2D eigenvalue weighted by molar-refractivity contribution is 0.0932. The lowest BCUT2D eigenvalue weighted by Gasteiger charge is -2.11. The molecule has 0 bridgehead atoms. The molecule has 1 aromatic carbocycles. The highest BCUT2D eigenvalue weighted by Gasteiger charge is 2.18. The van der Waals surface area contributed by atoms with Crippen molar-refractivity contribution in [1.82, 2.24) is 15.3 Å². The minimum Gasteiger partial charge on any atom is -0.368 e. The molecule has 1 aromatic heterocycles. The Morgan fingerprint density at radius 3 is 2.64 bits per heavy atom. The largest absolute Gasteiger partial charge is 0.368 e. The van der Waals surface area contributed by atoms with Crippen molar-refractivity contribution >= 4 is 34.9 Å². The topological polar surface area (TPSA) is 66.9 Å². The van der Waals surface area contributed by atoms with E-state index in [1.807, 2.05) is 12.1 Å². The summed E-state index contributed by atoms with van der Waals surface area (Å²) in [6, 6.07) is 5.74. The fourth-order valence-electron chi connectivity index (χ4n) is 2.92. The molecule has 0 spiro atoms. The Hall–Kier alpha value is -1.85. The number of halogens is 2. The third kappa shape index (κ3) is 5.06. The molecule has 2 aromatic rings. The zero-order valence-electron chi connectivity index (χ0n) is 13.8. The van der Waals surface area contributed by atoms with E-state index >= 15 is 0 Å². The van der Waals surface area contributed by atoms with Gasteiger partial charge in [-0.05, 0) is 37.0 Å². The Kier molecular flexibility index (Phi) is 6.10. The monoisotopic (exact) mass is 378 g/mol. The number of anilines is 1. The van der Waals surface area contributed by atoms with Gasteiger partial charge in [-0.1, -0.05) is 42.1 Å². The molecule has 1 amide bonds. The number of hydrogen-bond acceptors (Lipinski definition) is 4. The summed E-state index contributed by atoms with van der Waals surface area (Å²) in [6.45, 7) is 0.656. The Bertz CT molecular complexity index is 730. The molecule has 25 heavy (non-hydrogen) atoms. The van der Waals surface area contributed by atoms with Crippen molar-refractivity contribution in [2.75, 3.05) is 11.9 Å². The lowest BCUT2D eigenvalue weighted by Crippen LogP contribution is -2.33. The number of amides is 1. The van der Waals surface area contributed by atoms with E-state index in [0.29, 0.717) is 28.1 Å². The number of hydrogen-bond donors (Lipinski definition) is 2. The molecule has 0 atom stereocenters. The Morgan fingerprint density at radius 1 is 1.16 bits per heavy atom. The van der Waals surface area contributed by atoms with E-state index in [2.05, 4.69) is 20.6 Å². The third-order valence-electron chi connectivity index (χ3n) is 4.29. The van der Waals surface area contributed by atoms with Gasteiger partial charge >= 0.3 is 0 Å². The molecule has 0 aliphatic heterocycles. The van der Waals surface area contributed by atoms with Crippen molar-refractivity contribution in [2.24, 2.45) is 0 Å². The van der Waals surface area contributed by atoms with Gasteiger partial charge in [-0.15, -0.1) is 0 Å². The van der Waals surface area contributed by atoms with Crippen LogP contribution in [-0.4, -0.2) is 28.5 Å². The van der Waals surface area contributed by atoms with E-state index in [4.69, 9.17) is 23.2 Å². The molecular weight excluding hydrogens is 359 g/mol. The Labute approximate surface area is 157 Å². The van der Waals surface area contributed by atoms with Gasteiger partial charge in [-0.25, -0.2) is 9.97 Å². The number of carbonyl (C=O) groups excluding carboxylic acids is 1. The normalized spacial score (nSPS) is 14.5. The van der Waals surface area contributed by atoms with Gasteiger partial charge in [0.05, 0.1) is 12.4 Å². The zero-order valence-corrected chi connectivity index (χ0v) is 15.3. The number of rotatable bonds is 6. The van der Waals surface area contributed by atoms with Crippen LogP contribution in [0.15, 0.2) is 30.6 Å². The summed E-state index contributed by atoms with van der Waals surface area (Å²) < 4.78 is 0. The summed E-state index contributed by atoms with van der Waals surface area (Å²) in [5, 5.41) is 7.46. The lowest BCUT2D eigenvalue weighted by atomic mass is 10.1. The van der Waals surface area contributed by atoms with Gasteiger partial charge < -0.3 is 10.6 Å². The summed E-state index contributed by atoms with van der Waals surface area (Å²) in [5.41, 5.74) is 1.36. The summed E-state index contributed by atoms with van der Waals surface area (Å²) in [6.07, 6.45) is 8.27. The van der Waals surface area contributed by atoms with E-state index in [9.17, 15) is 4.79 Å². The fraction of sp³-hybridized carbons (Fsp3) is 0.389. The third-order valence-corrected chi connectivity index (χ3v) is 4.88. The van der Waals surface area contributed by atoms with E-state index in [0.717, 1.165) is 24.8 Å². The molecule has 3 rings (SSSR count). The molecule has 1 heterocycles. The molecule has 0 saturated heterocycles. The van der Waals surface area contributed by atoms with Crippen LogP contribution in [-0.2, 0) is 6.42 Å². The van der Waals surface area contributed by atoms with Crippen molar-refractivity contribution < 1.29 is 4.79 Å². The molecule has 2 N–H and O–H groups in total. The molecular formula is C18H20Cl2N4O. The first-order valence-corrected chi connectivity index (χ1v) is 9.18. The van der Waals surface area contributed by atoms with Crippen molar-refractivity contribution in [3.63, 3.8) is 0 Å². The minimum atomic E-state index is -0.154. The van der Waals surface area contributed by atoms with E-state index in [-0.39, 0.29) is 11.9 Å². The van der Waals surface area contributed by atoms with Crippen LogP contribution in [0.3, 0.4) is 0 Å². The summed E-state index contributed by atoms with van der Waals surface area (Å²) >= 11 is 12.0. The van der Waals surface area contributed by atoms with Crippen molar-refractivity contribution in [3.05, 3.63) is 51.9 Å². The van der Waals surface area contributed by atoms with Crippen LogP contribution in [0, 0.1) is 0 Å². The highest BCUT2D eigenvalue weighted by atomic mass is 35.5. The van der Waals surface area contributed by atoms with Crippen LogP contribution >= 0.6 is 23.2 Å². The molecule has 1 aliphatic carbocycles. The first-order chi connectivity index (χ1) is 12.1. The average Bonchev–Trinajstić information content (AvgIpc) is 3.10. The van der Waals surface area contributed by atoms with Crippen LogP contribution in [0.25, 0.3) is 0 Å². The van der Waals surface area contributed by atoms with E-state index < -0.39 is 0 Å². The van der Waals surface area contributed by atoms with Gasteiger partial charge in [0, 0.05) is 22.6 Å². The molecule has 0 unspecified atom stereocenters. The van der Waals surface area contributed by atoms with Gasteiger partial charge in [-0.2, -0.15) is 0 Å². The molecule has 1 fully saturated rings. The van der Waals surface area contributed by atoms with Crippen LogP contribution in [0.4, 0.5) is 5.82 Å². The summed E-state index contributed by atoms with van der Waals surface area (Å²) in [5.74, 6) is 0.474. The number of nitrogens with zero attached hydrogens (tertiary/aromatic N) is 2. The maximum atomic E-state index is 12.1. The van der Waals surface area contributed by atoms with Gasteiger partial charge in [0.2, 0.25) is 0 Å². The predicted octanol–water partition coefficient (Wildman–Crippen LogP) is 4.11. The van der Waals surface area contributed by atoms with Gasteiger partial charge in [0.15, 0.2) is 0 Å². The minimum absolute atomic E-state index is 0.154. The van der Waals surface area contributed by atoms with Crippen LogP contribution in [0.5, 0.6) is 0 Å². The highest BCUT2D eigenvalue weighted by Crippen LogP contribution is 2.21. The quantitative estimate of drug-likeness (QED) is 0.793. The van der Waals surface area contributed by atoms with Gasteiger partial charge in [-0.3, -0.25) is 4.79 Å². The maximum absolute atomic E-state index is 12.1. The average molecular weight is 379 g/mol. The SMILES string of the molecule is O=C(NC1CCCC1)c1cnc(NCCc2ccc(Cl)cc2Cl)cn1. The zero-order chi connectivity index (χ0) is 17.6. The van der Waals surface area contributed by atoms with Crippen molar-refractivity contribution in [3.8, 4) is 0 Å². The Morgan fingerprint density at radius 2 is 1.96 bits per heavy atom. The first-order valence-electron chi connectivity index (χ1n) is 8.42. The van der Waals surface area contributed by atoms with Crippen LogP contribution in [0.1, 0.15) is 41.7 Å². The summed E-state index contributed by atoms with van der Waals surface area (Å²) in [4.78, 5) is 20.6. The second-order valence-corrected chi connectivity index (χ2v) is 7.00. The van der Waals surface area contributed by atoms with E-state index in [1.165, 1.54) is 19.0 Å². The number of aromatic nitrogens is 2. The predicted molar refractivity (Wildman–Crippen MR) is 100 cm³/mol. The fourth-order valence-corrected chi connectivity index (χ4v) is 3.42. The van der Waals surface area contributed by atoms with Gasteiger partial charge in [0.1, 0.15) is 11.5 Å². The molecule has 1 aliphatic rings. The molecule has 0 radical (unpaired) electrons. The maximum Gasteiger partial charge on any atom is 0.271 e. The van der Waals surface area contributed by atoms with Crippen molar-refractivity contribution in [2.45, 2.75) is 38.1 Å². The van der Waals surface area contributed by atoms with E-state index in [1.54, 1.807) is 12.3 Å². The summed E-state index contributed by atoms with van der Waals surface area (Å²) in [7, 11) is 0. The number of carbonyl (C=O) groups is 1. The second kappa shape index (κ2) is 8.50. The van der Waals surface area contributed by atoms with Crippen LogP contribution in [0.2, 0.25) is 10.0 Å². The molecule has 1 saturated carbocycles.